The second-order valence-electron chi connectivity index (χ2n) is 5.19. The van der Waals surface area contributed by atoms with E-state index >= 15 is 0 Å². The minimum absolute atomic E-state index is 0.410. The molecule has 1 aromatic carbocycles. The van der Waals surface area contributed by atoms with Crippen molar-refractivity contribution in [1.29, 1.82) is 0 Å². The number of fused-ring (bicyclic) bond motifs is 1. The second-order valence-corrected chi connectivity index (χ2v) is 6.25. The van der Waals surface area contributed by atoms with Gasteiger partial charge in [-0.1, -0.05) is 17.4 Å². The third-order valence-electron chi connectivity index (χ3n) is 3.46. The van der Waals surface area contributed by atoms with Gasteiger partial charge in [-0.05, 0) is 37.6 Å². The molecule has 2 heterocycles. The van der Waals surface area contributed by atoms with E-state index in [1.807, 2.05) is 0 Å². The van der Waals surface area contributed by atoms with Gasteiger partial charge in [0.15, 0.2) is 5.13 Å². The van der Waals surface area contributed by atoms with Gasteiger partial charge in [0.1, 0.15) is 0 Å². The number of hydrogen-bond acceptors (Lipinski definition) is 5. The Bertz CT molecular complexity index is 563. The fourth-order valence-corrected chi connectivity index (χ4v) is 3.40. The lowest BCUT2D eigenvalue weighted by atomic mass is 10.2. The molecule has 0 bridgehead atoms. The Morgan fingerprint density at radius 3 is 3.21 bits per heavy atom. The lowest BCUT2D eigenvalue weighted by Gasteiger charge is -2.20. The number of nitrogens with zero attached hydrogens (tertiary/aromatic N) is 2. The molecule has 1 unspecified atom stereocenters. The van der Waals surface area contributed by atoms with E-state index in [0.29, 0.717) is 11.2 Å². The zero-order valence-corrected chi connectivity index (χ0v) is 11.9. The number of benzene rings is 1. The van der Waals surface area contributed by atoms with Crippen LogP contribution >= 0.6 is 11.3 Å². The van der Waals surface area contributed by atoms with Crippen molar-refractivity contribution in [3.8, 4) is 0 Å². The summed E-state index contributed by atoms with van der Waals surface area (Å²) in [5.41, 5.74) is 8.03. The molecule has 0 amide bonds. The first kappa shape index (κ1) is 12.8. The standard InChI is InChI=1S/C14H19N3OS/c1-17(9-11-3-2-6-18-11)8-10-4-5-12-13(7-10)19-14(15)16-12/h4-5,7,11H,2-3,6,8-9H2,1H3,(H2,15,16). The monoisotopic (exact) mass is 277 g/mol. The van der Waals surface area contributed by atoms with E-state index in [1.165, 1.54) is 23.1 Å². The maximum atomic E-state index is 5.73. The maximum Gasteiger partial charge on any atom is 0.181 e. The Labute approximate surface area is 117 Å². The van der Waals surface area contributed by atoms with Crippen molar-refractivity contribution >= 4 is 26.7 Å². The van der Waals surface area contributed by atoms with Crippen LogP contribution in [-0.4, -0.2) is 36.2 Å². The Kier molecular flexibility index (Phi) is 3.68. The molecule has 0 spiro atoms. The van der Waals surface area contributed by atoms with Gasteiger partial charge in [-0.25, -0.2) is 4.98 Å². The molecule has 1 saturated heterocycles. The van der Waals surface area contributed by atoms with Crippen LogP contribution in [-0.2, 0) is 11.3 Å². The number of nitrogen functional groups attached to an aromatic ring is 1. The lowest BCUT2D eigenvalue weighted by Crippen LogP contribution is -2.28. The molecule has 1 aliphatic rings. The van der Waals surface area contributed by atoms with E-state index in [0.717, 1.165) is 25.2 Å². The zero-order chi connectivity index (χ0) is 13.2. The summed E-state index contributed by atoms with van der Waals surface area (Å²) >= 11 is 1.55. The molecule has 102 valence electrons. The van der Waals surface area contributed by atoms with Crippen molar-refractivity contribution in [2.75, 3.05) is 25.9 Å². The van der Waals surface area contributed by atoms with Gasteiger partial charge < -0.3 is 10.5 Å². The molecule has 1 aromatic heterocycles. The van der Waals surface area contributed by atoms with Crippen molar-refractivity contribution in [2.24, 2.45) is 0 Å². The number of aromatic nitrogens is 1. The van der Waals surface area contributed by atoms with Gasteiger partial charge in [0.25, 0.3) is 0 Å². The van der Waals surface area contributed by atoms with Crippen LogP contribution in [0.2, 0.25) is 0 Å². The molecule has 5 heteroatoms. The number of rotatable bonds is 4. The first-order valence-corrected chi connectivity index (χ1v) is 7.47. The zero-order valence-electron chi connectivity index (χ0n) is 11.1. The number of ether oxygens (including phenoxy) is 1. The summed E-state index contributed by atoms with van der Waals surface area (Å²) in [6, 6.07) is 6.38. The Morgan fingerprint density at radius 2 is 2.42 bits per heavy atom. The van der Waals surface area contributed by atoms with E-state index < -0.39 is 0 Å². The summed E-state index contributed by atoms with van der Waals surface area (Å²) in [4.78, 5) is 6.60. The maximum absolute atomic E-state index is 5.73. The van der Waals surface area contributed by atoms with Crippen LogP contribution in [0.25, 0.3) is 10.2 Å². The highest BCUT2D eigenvalue weighted by molar-refractivity contribution is 7.22. The van der Waals surface area contributed by atoms with E-state index in [9.17, 15) is 0 Å². The first-order valence-electron chi connectivity index (χ1n) is 6.66. The SMILES string of the molecule is CN(Cc1ccc2nc(N)sc2c1)CC1CCCO1. The van der Waals surface area contributed by atoms with Crippen molar-refractivity contribution in [1.82, 2.24) is 9.88 Å². The van der Waals surface area contributed by atoms with E-state index in [1.54, 1.807) is 11.3 Å². The quantitative estimate of drug-likeness (QED) is 0.933. The Hall–Kier alpha value is -1.17. The van der Waals surface area contributed by atoms with Crippen LogP contribution in [0.15, 0.2) is 18.2 Å². The van der Waals surface area contributed by atoms with Gasteiger partial charge in [0, 0.05) is 19.7 Å². The Morgan fingerprint density at radius 1 is 1.53 bits per heavy atom. The molecule has 1 atom stereocenters. The Balaban J connectivity index is 1.66. The smallest absolute Gasteiger partial charge is 0.181 e. The molecule has 19 heavy (non-hydrogen) atoms. The van der Waals surface area contributed by atoms with Gasteiger partial charge in [-0.3, -0.25) is 4.90 Å². The molecule has 1 aliphatic heterocycles. The van der Waals surface area contributed by atoms with E-state index in [-0.39, 0.29) is 0 Å². The average Bonchev–Trinajstić information content (AvgIpc) is 2.96. The molecule has 2 aromatic rings. The minimum Gasteiger partial charge on any atom is -0.377 e. The summed E-state index contributed by atoms with van der Waals surface area (Å²) in [6.45, 7) is 2.86. The van der Waals surface area contributed by atoms with Crippen LogP contribution in [0.4, 0.5) is 5.13 Å². The number of likely N-dealkylation sites (N-methyl/N-ethyl adjacent to an activating group) is 1. The van der Waals surface area contributed by atoms with Gasteiger partial charge in [-0.2, -0.15) is 0 Å². The summed E-state index contributed by atoms with van der Waals surface area (Å²) in [6.07, 6.45) is 2.80. The van der Waals surface area contributed by atoms with Gasteiger partial charge in [-0.15, -0.1) is 0 Å². The number of thiazole rings is 1. The molecular formula is C14H19N3OS. The fourth-order valence-electron chi connectivity index (χ4n) is 2.60. The molecule has 4 nitrogen and oxygen atoms in total. The largest absolute Gasteiger partial charge is 0.377 e. The normalized spacial score (nSPS) is 19.6. The highest BCUT2D eigenvalue weighted by Gasteiger charge is 2.17. The topological polar surface area (TPSA) is 51.4 Å². The predicted octanol–water partition coefficient (Wildman–Crippen LogP) is 2.49. The van der Waals surface area contributed by atoms with E-state index in [2.05, 4.69) is 35.1 Å². The van der Waals surface area contributed by atoms with Crippen LogP contribution in [0.3, 0.4) is 0 Å². The van der Waals surface area contributed by atoms with Crippen molar-refractivity contribution < 1.29 is 4.74 Å². The highest BCUT2D eigenvalue weighted by Crippen LogP contribution is 2.25. The van der Waals surface area contributed by atoms with Crippen molar-refractivity contribution in [3.05, 3.63) is 23.8 Å². The predicted molar refractivity (Wildman–Crippen MR) is 79.3 cm³/mol. The van der Waals surface area contributed by atoms with Gasteiger partial charge >= 0.3 is 0 Å². The summed E-state index contributed by atoms with van der Waals surface area (Å²) < 4.78 is 6.84. The lowest BCUT2D eigenvalue weighted by molar-refractivity contribution is 0.0793. The second kappa shape index (κ2) is 5.45. The molecule has 1 fully saturated rings. The van der Waals surface area contributed by atoms with Gasteiger partial charge in [0.05, 0.1) is 16.3 Å². The van der Waals surface area contributed by atoms with Crippen molar-refractivity contribution in [3.63, 3.8) is 0 Å². The number of hydrogen-bond donors (Lipinski definition) is 1. The summed E-state index contributed by atoms with van der Waals surface area (Å²) in [7, 11) is 2.15. The number of anilines is 1. The third kappa shape index (κ3) is 3.05. The fraction of sp³-hybridized carbons (Fsp3) is 0.500. The van der Waals surface area contributed by atoms with Gasteiger partial charge in [0.2, 0.25) is 0 Å². The van der Waals surface area contributed by atoms with Crippen LogP contribution in [0, 0.1) is 0 Å². The number of nitrogens with two attached hydrogens (primary N) is 1. The highest BCUT2D eigenvalue weighted by atomic mass is 32.1. The molecule has 0 saturated carbocycles. The summed E-state index contributed by atoms with van der Waals surface area (Å²) in [5, 5.41) is 0.639. The molecule has 0 radical (unpaired) electrons. The first-order chi connectivity index (χ1) is 9.20. The third-order valence-corrected chi connectivity index (χ3v) is 4.31. The summed E-state index contributed by atoms with van der Waals surface area (Å²) in [5.74, 6) is 0. The molecular weight excluding hydrogens is 258 g/mol. The van der Waals surface area contributed by atoms with Crippen LogP contribution < -0.4 is 5.73 Å². The van der Waals surface area contributed by atoms with Crippen molar-refractivity contribution in [2.45, 2.75) is 25.5 Å². The van der Waals surface area contributed by atoms with E-state index in [4.69, 9.17) is 10.5 Å². The average molecular weight is 277 g/mol. The van der Waals surface area contributed by atoms with Crippen LogP contribution in [0.1, 0.15) is 18.4 Å². The van der Waals surface area contributed by atoms with Crippen LogP contribution in [0.5, 0.6) is 0 Å². The minimum atomic E-state index is 0.410. The molecule has 2 N–H and O–H groups in total. The molecule has 3 rings (SSSR count). The molecule has 0 aliphatic carbocycles.